The van der Waals surface area contributed by atoms with Gasteiger partial charge < -0.3 is 5.11 Å². The van der Waals surface area contributed by atoms with Gasteiger partial charge in [0.15, 0.2) is 0 Å². The van der Waals surface area contributed by atoms with Gasteiger partial charge in [-0.3, -0.25) is 9.69 Å². The van der Waals surface area contributed by atoms with Crippen LogP contribution in [0.1, 0.15) is 39.0 Å². The van der Waals surface area contributed by atoms with Crippen LogP contribution in [0.2, 0.25) is 0 Å². The summed E-state index contributed by atoms with van der Waals surface area (Å²) in [6, 6.07) is 0. The molecule has 7 heteroatoms. The minimum atomic E-state index is -2.58. The van der Waals surface area contributed by atoms with Crippen LogP contribution in [0.5, 0.6) is 0 Å². The lowest BCUT2D eigenvalue weighted by Gasteiger charge is -2.18. The van der Waals surface area contributed by atoms with E-state index in [2.05, 4.69) is 0 Å². The fraction of sp³-hybridized carbons (Fsp3) is 0.917. The number of nitrogens with zero attached hydrogens (tertiary/aromatic N) is 1. The summed E-state index contributed by atoms with van der Waals surface area (Å²) in [6.07, 6.45) is 2.87. The summed E-state index contributed by atoms with van der Waals surface area (Å²) >= 11 is 0. The molecule has 0 spiro atoms. The lowest BCUT2D eigenvalue weighted by atomic mass is 9.98. The first-order valence-electron chi connectivity index (χ1n) is 6.27. The van der Waals surface area contributed by atoms with Gasteiger partial charge in [0.2, 0.25) is 0 Å². The maximum Gasteiger partial charge on any atom is 0.306 e. The lowest BCUT2D eigenvalue weighted by molar-refractivity contribution is -0.142. The van der Waals surface area contributed by atoms with Crippen LogP contribution in [-0.4, -0.2) is 41.5 Å². The zero-order valence-corrected chi connectivity index (χ0v) is 12.7. The zero-order valence-electron chi connectivity index (χ0n) is 11.1. The first-order valence-corrected chi connectivity index (χ1v) is 6.27. The van der Waals surface area contributed by atoms with E-state index in [1.807, 2.05) is 6.92 Å². The molecule has 0 bridgehead atoms. The van der Waals surface area contributed by atoms with E-state index in [0.717, 1.165) is 12.8 Å². The standard InChI is InChI=1S/C12H21F2NO2.2ClH/c1-2-3-4-10(11(16)17)5-7-15-8-6-12(13,14)9-15;;/h10H,2-9H2,1H3,(H,16,17);2*1H. The summed E-state index contributed by atoms with van der Waals surface area (Å²) in [5, 5.41) is 9.01. The summed E-state index contributed by atoms with van der Waals surface area (Å²) in [4.78, 5) is 12.6. The Morgan fingerprint density at radius 3 is 2.42 bits per heavy atom. The molecule has 0 aromatic heterocycles. The Kier molecular flexibility index (Phi) is 10.8. The summed E-state index contributed by atoms with van der Waals surface area (Å²) in [6.45, 7) is 2.65. The predicted octanol–water partition coefficient (Wildman–Crippen LogP) is 3.45. The Morgan fingerprint density at radius 2 is 2.00 bits per heavy atom. The van der Waals surface area contributed by atoms with E-state index < -0.39 is 11.9 Å². The smallest absolute Gasteiger partial charge is 0.306 e. The van der Waals surface area contributed by atoms with Crippen LogP contribution >= 0.6 is 24.8 Å². The van der Waals surface area contributed by atoms with Gasteiger partial charge in [0.05, 0.1) is 12.5 Å². The van der Waals surface area contributed by atoms with Crippen LogP contribution in [-0.2, 0) is 4.79 Å². The first-order chi connectivity index (χ1) is 7.94. The molecule has 1 aliphatic heterocycles. The van der Waals surface area contributed by atoms with Crippen molar-refractivity contribution in [2.24, 2.45) is 5.92 Å². The highest BCUT2D eigenvalue weighted by Gasteiger charge is 2.38. The van der Waals surface area contributed by atoms with E-state index in [0.29, 0.717) is 25.9 Å². The van der Waals surface area contributed by atoms with Crippen LogP contribution < -0.4 is 0 Å². The average Bonchev–Trinajstić information content (AvgIpc) is 2.58. The third kappa shape index (κ3) is 7.90. The van der Waals surface area contributed by atoms with E-state index in [4.69, 9.17) is 5.11 Å². The number of rotatable bonds is 7. The molecular formula is C12H23Cl2F2NO2. The molecule has 116 valence electrons. The Labute approximate surface area is 125 Å². The van der Waals surface area contributed by atoms with Crippen LogP contribution in [0, 0.1) is 5.92 Å². The minimum Gasteiger partial charge on any atom is -0.481 e. The Hall–Kier alpha value is -0.130. The number of aliphatic carboxylic acids is 1. The van der Waals surface area contributed by atoms with E-state index >= 15 is 0 Å². The zero-order chi connectivity index (χ0) is 12.9. The summed E-state index contributed by atoms with van der Waals surface area (Å²) in [5.74, 6) is -3.77. The Bertz CT molecular complexity index is 268. The predicted molar refractivity (Wildman–Crippen MR) is 75.8 cm³/mol. The minimum absolute atomic E-state index is 0. The number of halogens is 4. The molecule has 0 saturated carbocycles. The van der Waals surface area contributed by atoms with Gasteiger partial charge in [0, 0.05) is 13.0 Å². The van der Waals surface area contributed by atoms with Crippen molar-refractivity contribution >= 4 is 30.8 Å². The van der Waals surface area contributed by atoms with E-state index in [-0.39, 0.29) is 43.7 Å². The fourth-order valence-corrected chi connectivity index (χ4v) is 2.18. The van der Waals surface area contributed by atoms with Crippen molar-refractivity contribution in [1.29, 1.82) is 0 Å². The maximum atomic E-state index is 12.9. The molecule has 1 atom stereocenters. The Balaban J connectivity index is 0. The molecular weight excluding hydrogens is 299 g/mol. The van der Waals surface area contributed by atoms with Crippen molar-refractivity contribution in [2.75, 3.05) is 19.6 Å². The molecule has 1 saturated heterocycles. The molecule has 1 rings (SSSR count). The molecule has 1 heterocycles. The average molecular weight is 322 g/mol. The number of alkyl halides is 2. The second-order valence-electron chi connectivity index (χ2n) is 4.85. The molecule has 1 unspecified atom stereocenters. The monoisotopic (exact) mass is 321 g/mol. The first kappa shape index (κ1) is 21.2. The van der Waals surface area contributed by atoms with Crippen molar-refractivity contribution in [3.8, 4) is 0 Å². The number of likely N-dealkylation sites (tertiary alicyclic amines) is 1. The van der Waals surface area contributed by atoms with Crippen LogP contribution in [0.3, 0.4) is 0 Å². The van der Waals surface area contributed by atoms with Crippen molar-refractivity contribution in [3.05, 3.63) is 0 Å². The van der Waals surface area contributed by atoms with Gasteiger partial charge in [-0.25, -0.2) is 8.78 Å². The molecule has 1 N–H and O–H groups in total. The van der Waals surface area contributed by atoms with Gasteiger partial charge >= 0.3 is 5.97 Å². The van der Waals surface area contributed by atoms with Gasteiger partial charge in [-0.05, 0) is 19.4 Å². The summed E-state index contributed by atoms with van der Waals surface area (Å²) in [5.41, 5.74) is 0. The van der Waals surface area contributed by atoms with Crippen LogP contribution in [0.4, 0.5) is 8.78 Å². The van der Waals surface area contributed by atoms with Crippen LogP contribution in [0.25, 0.3) is 0 Å². The molecule has 0 aromatic carbocycles. The van der Waals surface area contributed by atoms with Crippen LogP contribution in [0.15, 0.2) is 0 Å². The SMILES string of the molecule is CCCCC(CCN1CCC(F)(F)C1)C(=O)O.Cl.Cl. The van der Waals surface area contributed by atoms with Gasteiger partial charge in [0.1, 0.15) is 0 Å². The number of hydrogen-bond donors (Lipinski definition) is 1. The maximum absolute atomic E-state index is 12.9. The van der Waals surface area contributed by atoms with Crippen molar-refractivity contribution in [3.63, 3.8) is 0 Å². The van der Waals surface area contributed by atoms with E-state index in [1.165, 1.54) is 0 Å². The molecule has 1 fully saturated rings. The van der Waals surface area contributed by atoms with Gasteiger partial charge in [-0.15, -0.1) is 24.8 Å². The highest BCUT2D eigenvalue weighted by molar-refractivity contribution is 5.85. The van der Waals surface area contributed by atoms with Gasteiger partial charge in [0.25, 0.3) is 5.92 Å². The van der Waals surface area contributed by atoms with E-state index in [9.17, 15) is 13.6 Å². The third-order valence-corrected chi connectivity index (χ3v) is 3.30. The number of hydrogen-bond acceptors (Lipinski definition) is 2. The molecule has 0 amide bonds. The molecule has 0 aromatic rings. The quantitative estimate of drug-likeness (QED) is 0.780. The molecule has 0 radical (unpaired) electrons. The molecule has 19 heavy (non-hydrogen) atoms. The molecule has 3 nitrogen and oxygen atoms in total. The Morgan fingerprint density at radius 1 is 1.37 bits per heavy atom. The number of carbonyl (C=O) groups is 1. The second kappa shape index (κ2) is 9.72. The topological polar surface area (TPSA) is 40.5 Å². The van der Waals surface area contributed by atoms with Crippen molar-refractivity contribution in [1.82, 2.24) is 4.90 Å². The number of unbranched alkanes of at least 4 members (excludes halogenated alkanes) is 1. The highest BCUT2D eigenvalue weighted by Crippen LogP contribution is 2.27. The summed E-state index contributed by atoms with van der Waals surface area (Å²) in [7, 11) is 0. The van der Waals surface area contributed by atoms with Gasteiger partial charge in [-0.2, -0.15) is 0 Å². The highest BCUT2D eigenvalue weighted by atomic mass is 35.5. The van der Waals surface area contributed by atoms with Crippen molar-refractivity contribution < 1.29 is 18.7 Å². The normalized spacial score (nSPS) is 19.3. The molecule has 0 aliphatic carbocycles. The van der Waals surface area contributed by atoms with E-state index in [1.54, 1.807) is 4.90 Å². The van der Waals surface area contributed by atoms with Gasteiger partial charge in [-0.1, -0.05) is 19.8 Å². The van der Waals surface area contributed by atoms with Crippen molar-refractivity contribution in [2.45, 2.75) is 45.0 Å². The second-order valence-corrected chi connectivity index (χ2v) is 4.85. The lowest BCUT2D eigenvalue weighted by Crippen LogP contribution is -2.28. The fourth-order valence-electron chi connectivity index (χ4n) is 2.18. The summed E-state index contributed by atoms with van der Waals surface area (Å²) < 4.78 is 25.8. The molecule has 1 aliphatic rings. The number of carboxylic acid groups (broad SMARTS) is 1. The third-order valence-electron chi connectivity index (χ3n) is 3.30. The largest absolute Gasteiger partial charge is 0.481 e. The number of carboxylic acids is 1.